The number of esters is 1. The van der Waals surface area contributed by atoms with E-state index in [-0.39, 0.29) is 0 Å². The maximum absolute atomic E-state index is 13.4. The molecule has 0 aliphatic rings. The molecule has 0 heterocycles. The SMILES string of the molecule is CC(=O)COC(=O)C(F)(OC(F)(F)CC(F)(F)F)C(F)(F)F. The number of ketones is 1. The summed E-state index contributed by atoms with van der Waals surface area (Å²) in [6.07, 6.45) is -21.2. The molecule has 0 aliphatic heterocycles. The first-order valence-electron chi connectivity index (χ1n) is 5.07. The fourth-order valence-electron chi connectivity index (χ4n) is 0.950. The summed E-state index contributed by atoms with van der Waals surface area (Å²) >= 11 is 0. The molecular formula is C9H7F9O4. The molecule has 0 aromatic carbocycles. The molecule has 0 radical (unpaired) electrons. The molecule has 4 nitrogen and oxygen atoms in total. The first kappa shape index (κ1) is 20.5. The fraction of sp³-hybridized carbons (Fsp3) is 0.778. The molecule has 22 heavy (non-hydrogen) atoms. The third-order valence-electron chi connectivity index (χ3n) is 1.73. The van der Waals surface area contributed by atoms with Crippen LogP contribution in [0, 0.1) is 0 Å². The normalized spacial score (nSPS) is 16.1. The fourth-order valence-corrected chi connectivity index (χ4v) is 0.950. The average Bonchev–Trinajstić information content (AvgIpc) is 2.19. The second-order valence-corrected chi connectivity index (χ2v) is 3.90. The highest BCUT2D eigenvalue weighted by molar-refractivity contribution is 5.83. The van der Waals surface area contributed by atoms with Crippen molar-refractivity contribution < 1.29 is 58.6 Å². The van der Waals surface area contributed by atoms with Crippen LogP contribution in [0.15, 0.2) is 0 Å². The highest BCUT2D eigenvalue weighted by Crippen LogP contribution is 2.43. The van der Waals surface area contributed by atoms with Gasteiger partial charge in [0.25, 0.3) is 0 Å². The number of carbonyl (C=O) groups is 2. The van der Waals surface area contributed by atoms with Gasteiger partial charge in [0.1, 0.15) is 13.0 Å². The number of hydrogen-bond donors (Lipinski definition) is 0. The Hall–Kier alpha value is -1.53. The van der Waals surface area contributed by atoms with E-state index in [0.29, 0.717) is 6.92 Å². The van der Waals surface area contributed by atoms with Gasteiger partial charge in [0.15, 0.2) is 5.78 Å². The lowest BCUT2D eigenvalue weighted by molar-refractivity contribution is -0.411. The van der Waals surface area contributed by atoms with E-state index in [1.807, 2.05) is 0 Å². The molecule has 0 amide bonds. The Labute approximate surface area is 116 Å². The van der Waals surface area contributed by atoms with E-state index in [9.17, 15) is 49.1 Å². The van der Waals surface area contributed by atoms with E-state index in [2.05, 4.69) is 9.47 Å². The molecule has 0 spiro atoms. The van der Waals surface area contributed by atoms with Gasteiger partial charge in [-0.05, 0) is 6.92 Å². The standard InChI is InChI=1S/C9H7F9O4/c1-4(19)2-21-5(20)8(15,9(16,17)18)22-7(13,14)3-6(10,11)12/h2-3H2,1H3. The summed E-state index contributed by atoms with van der Waals surface area (Å²) in [4.78, 5) is 21.2. The van der Waals surface area contributed by atoms with Gasteiger partial charge >= 0.3 is 30.3 Å². The third-order valence-corrected chi connectivity index (χ3v) is 1.73. The predicted octanol–water partition coefficient (Wildman–Crippen LogP) is 2.91. The average molecular weight is 350 g/mol. The Kier molecular flexibility index (Phi) is 5.86. The number of halogens is 9. The van der Waals surface area contributed by atoms with Crippen LogP contribution in [0.3, 0.4) is 0 Å². The number of rotatable bonds is 6. The van der Waals surface area contributed by atoms with Gasteiger partial charge in [-0.15, -0.1) is 0 Å². The van der Waals surface area contributed by atoms with Gasteiger partial charge in [-0.1, -0.05) is 0 Å². The Bertz CT molecular complexity index is 428. The molecule has 0 aliphatic carbocycles. The zero-order valence-corrected chi connectivity index (χ0v) is 10.4. The van der Waals surface area contributed by atoms with Crippen LogP contribution in [0.5, 0.6) is 0 Å². The Morgan fingerprint density at radius 1 is 0.909 bits per heavy atom. The molecular weight excluding hydrogens is 343 g/mol. The first-order chi connectivity index (χ1) is 9.50. The molecule has 0 aromatic heterocycles. The molecule has 0 aromatic rings. The van der Waals surface area contributed by atoms with Crippen molar-refractivity contribution >= 4 is 11.8 Å². The Morgan fingerprint density at radius 2 is 1.36 bits per heavy atom. The van der Waals surface area contributed by atoms with Crippen molar-refractivity contribution in [3.8, 4) is 0 Å². The molecule has 1 atom stereocenters. The zero-order chi connectivity index (χ0) is 18.0. The number of Topliss-reactive ketones (excluding diaryl/α,β-unsaturated/α-hetero) is 1. The predicted molar refractivity (Wildman–Crippen MR) is 48.2 cm³/mol. The van der Waals surface area contributed by atoms with Crippen molar-refractivity contribution in [2.24, 2.45) is 0 Å². The topological polar surface area (TPSA) is 52.6 Å². The number of ether oxygens (including phenoxy) is 2. The van der Waals surface area contributed by atoms with Gasteiger partial charge in [-0.3, -0.25) is 9.53 Å². The van der Waals surface area contributed by atoms with E-state index >= 15 is 0 Å². The zero-order valence-electron chi connectivity index (χ0n) is 10.4. The molecule has 0 bridgehead atoms. The van der Waals surface area contributed by atoms with E-state index < -0.39 is 49.1 Å². The third kappa shape index (κ3) is 6.07. The van der Waals surface area contributed by atoms with E-state index in [0.717, 1.165) is 0 Å². The number of carbonyl (C=O) groups excluding carboxylic acids is 2. The van der Waals surface area contributed by atoms with Gasteiger partial charge in [0.05, 0.1) is 0 Å². The largest absolute Gasteiger partial charge is 0.460 e. The summed E-state index contributed by atoms with van der Waals surface area (Å²) in [5, 5.41) is 0. The highest BCUT2D eigenvalue weighted by atomic mass is 19.4. The van der Waals surface area contributed by atoms with Gasteiger partial charge in [0.2, 0.25) is 0 Å². The van der Waals surface area contributed by atoms with Crippen molar-refractivity contribution in [3.63, 3.8) is 0 Å². The second kappa shape index (κ2) is 6.30. The molecule has 0 N–H and O–H groups in total. The molecule has 13 heteroatoms. The van der Waals surface area contributed by atoms with Crippen LogP contribution in [-0.2, 0) is 19.1 Å². The minimum Gasteiger partial charge on any atom is -0.453 e. The van der Waals surface area contributed by atoms with Crippen molar-refractivity contribution in [1.29, 1.82) is 0 Å². The lowest BCUT2D eigenvalue weighted by Gasteiger charge is -2.29. The number of alkyl halides is 9. The molecule has 0 saturated carbocycles. The van der Waals surface area contributed by atoms with Gasteiger partial charge in [-0.2, -0.15) is 39.5 Å². The van der Waals surface area contributed by atoms with Crippen molar-refractivity contribution in [2.75, 3.05) is 6.61 Å². The van der Waals surface area contributed by atoms with E-state index in [1.165, 1.54) is 0 Å². The van der Waals surface area contributed by atoms with Crippen LogP contribution in [-0.4, -0.2) is 42.7 Å². The summed E-state index contributed by atoms with van der Waals surface area (Å²) in [6, 6.07) is 0. The first-order valence-corrected chi connectivity index (χ1v) is 5.07. The summed E-state index contributed by atoms with van der Waals surface area (Å²) in [5.74, 6) is -10.1. The van der Waals surface area contributed by atoms with E-state index in [4.69, 9.17) is 0 Å². The minimum absolute atomic E-state index is 0.694. The van der Waals surface area contributed by atoms with Crippen LogP contribution >= 0.6 is 0 Å². The summed E-state index contributed by atoms with van der Waals surface area (Å²) in [7, 11) is 0. The van der Waals surface area contributed by atoms with Crippen molar-refractivity contribution in [1.82, 2.24) is 0 Å². The van der Waals surface area contributed by atoms with Crippen molar-refractivity contribution in [2.45, 2.75) is 37.7 Å². The Morgan fingerprint density at radius 3 is 1.68 bits per heavy atom. The highest BCUT2D eigenvalue weighted by Gasteiger charge is 2.69. The van der Waals surface area contributed by atoms with Crippen molar-refractivity contribution in [3.05, 3.63) is 0 Å². The monoisotopic (exact) mass is 350 g/mol. The molecule has 1 unspecified atom stereocenters. The second-order valence-electron chi connectivity index (χ2n) is 3.90. The van der Waals surface area contributed by atoms with Gasteiger partial charge in [0, 0.05) is 0 Å². The van der Waals surface area contributed by atoms with E-state index in [1.54, 1.807) is 0 Å². The molecule has 130 valence electrons. The molecule has 0 rings (SSSR count). The summed E-state index contributed by atoms with van der Waals surface area (Å²) in [6.45, 7) is -0.728. The lowest BCUT2D eigenvalue weighted by atomic mass is 10.3. The maximum Gasteiger partial charge on any atom is 0.460 e. The minimum atomic E-state index is -6.48. The smallest absolute Gasteiger partial charge is 0.453 e. The van der Waals surface area contributed by atoms with Gasteiger partial charge in [-0.25, -0.2) is 4.79 Å². The van der Waals surface area contributed by atoms with Crippen LogP contribution in [0.4, 0.5) is 39.5 Å². The van der Waals surface area contributed by atoms with Crippen LogP contribution in [0.1, 0.15) is 13.3 Å². The van der Waals surface area contributed by atoms with Crippen LogP contribution < -0.4 is 0 Å². The van der Waals surface area contributed by atoms with Crippen LogP contribution in [0.2, 0.25) is 0 Å². The van der Waals surface area contributed by atoms with Gasteiger partial charge < -0.3 is 4.74 Å². The molecule has 0 fully saturated rings. The molecule has 0 saturated heterocycles. The van der Waals surface area contributed by atoms with Crippen LogP contribution in [0.25, 0.3) is 0 Å². The lowest BCUT2D eigenvalue weighted by Crippen LogP contribution is -2.55. The Balaban J connectivity index is 5.38. The summed E-state index contributed by atoms with van der Waals surface area (Å²) in [5.41, 5.74) is 0. The number of hydrogen-bond acceptors (Lipinski definition) is 4. The summed E-state index contributed by atoms with van der Waals surface area (Å²) < 4.78 is 117. The maximum atomic E-state index is 13.4. The quantitative estimate of drug-likeness (QED) is 0.546.